The van der Waals surface area contributed by atoms with Gasteiger partial charge in [-0.05, 0) is 60.7 Å². The number of nitrogens with zero attached hydrogens (tertiary/aromatic N) is 1. The Hall–Kier alpha value is -3.98. The zero-order chi connectivity index (χ0) is 22.5. The number of unbranched alkanes of at least 4 members (excludes halogenated alkanes) is 1. The summed E-state index contributed by atoms with van der Waals surface area (Å²) in [5.41, 5.74) is 3.62. The number of aromatic carboxylic acids is 1. The number of rotatable bonds is 8. The summed E-state index contributed by atoms with van der Waals surface area (Å²) in [5, 5.41) is 21.9. The fourth-order valence-corrected chi connectivity index (χ4v) is 3.64. The second-order valence-corrected chi connectivity index (χ2v) is 7.72. The zero-order valence-electron chi connectivity index (χ0n) is 17.9. The van der Waals surface area contributed by atoms with Gasteiger partial charge in [0.1, 0.15) is 5.75 Å². The Balaban J connectivity index is 1.49. The number of anilines is 2. The van der Waals surface area contributed by atoms with Crippen LogP contribution in [0.2, 0.25) is 0 Å². The molecule has 0 aliphatic carbocycles. The van der Waals surface area contributed by atoms with Gasteiger partial charge in [0.15, 0.2) is 11.5 Å². The van der Waals surface area contributed by atoms with Crippen LogP contribution in [-0.4, -0.2) is 17.7 Å². The molecular formula is C26H24N2O4. The van der Waals surface area contributed by atoms with E-state index in [1.807, 2.05) is 36.4 Å². The van der Waals surface area contributed by atoms with Crippen LogP contribution in [-0.2, 0) is 12.8 Å². The third kappa shape index (κ3) is 4.68. The molecule has 3 aromatic rings. The van der Waals surface area contributed by atoms with Crippen LogP contribution in [0.25, 0.3) is 0 Å². The lowest BCUT2D eigenvalue weighted by Crippen LogP contribution is -2.10. The number of nitriles is 1. The summed E-state index contributed by atoms with van der Waals surface area (Å²) in [5.74, 6) is 0.710. The average molecular weight is 428 g/mol. The highest BCUT2D eigenvalue weighted by molar-refractivity contribution is 5.99. The van der Waals surface area contributed by atoms with Crippen LogP contribution in [0.5, 0.6) is 17.2 Å². The van der Waals surface area contributed by atoms with Crippen LogP contribution >= 0.6 is 0 Å². The van der Waals surface area contributed by atoms with E-state index in [4.69, 9.17) is 9.47 Å². The van der Waals surface area contributed by atoms with Crippen molar-refractivity contribution in [3.63, 3.8) is 0 Å². The van der Waals surface area contributed by atoms with Gasteiger partial charge in [-0.3, -0.25) is 0 Å². The fraction of sp³-hybridized carbons (Fsp3) is 0.231. The second-order valence-electron chi connectivity index (χ2n) is 7.72. The number of fused-ring (bicyclic) bond motifs is 2. The number of ether oxygens (including phenoxy) is 2. The van der Waals surface area contributed by atoms with E-state index >= 15 is 0 Å². The molecule has 0 spiro atoms. The summed E-state index contributed by atoms with van der Waals surface area (Å²) in [6.45, 7) is 2.87. The fourth-order valence-electron chi connectivity index (χ4n) is 3.64. The van der Waals surface area contributed by atoms with Gasteiger partial charge in [-0.15, -0.1) is 0 Å². The van der Waals surface area contributed by atoms with E-state index in [0.717, 1.165) is 43.6 Å². The van der Waals surface area contributed by atoms with Crippen molar-refractivity contribution in [3.05, 3.63) is 76.9 Å². The van der Waals surface area contributed by atoms with Crippen LogP contribution in [0.4, 0.5) is 11.4 Å². The Labute approximate surface area is 187 Å². The predicted octanol–water partition coefficient (Wildman–Crippen LogP) is 6.07. The number of hydrogen-bond donors (Lipinski definition) is 2. The number of benzene rings is 3. The Morgan fingerprint density at radius 2 is 1.91 bits per heavy atom. The van der Waals surface area contributed by atoms with Crippen molar-refractivity contribution in [1.82, 2.24) is 0 Å². The summed E-state index contributed by atoms with van der Waals surface area (Å²) in [7, 11) is 0. The topological polar surface area (TPSA) is 91.6 Å². The van der Waals surface area contributed by atoms with E-state index in [1.165, 1.54) is 11.6 Å². The molecule has 0 unspecified atom stereocenters. The van der Waals surface area contributed by atoms with E-state index in [9.17, 15) is 15.2 Å². The molecule has 4 rings (SSSR count). The van der Waals surface area contributed by atoms with Gasteiger partial charge in [-0.2, -0.15) is 5.26 Å². The molecule has 0 saturated carbocycles. The summed E-state index contributed by atoms with van der Waals surface area (Å²) in [4.78, 5) is 11.7. The Morgan fingerprint density at radius 3 is 2.66 bits per heavy atom. The van der Waals surface area contributed by atoms with Crippen LogP contribution in [0, 0.1) is 11.3 Å². The highest BCUT2D eigenvalue weighted by Crippen LogP contribution is 2.44. The standard InChI is InChI=1S/C26H24N2O4/c1-2-3-11-31-20-6-4-5-17(12-20)7-8-18-9-10-23-22(14-18)28-25-21(26(29)30)13-19(16-27)15-24(25)32-23/h4-6,9-10,12-15,28H,2-3,7-8,11H2,1H3,(H,29,30). The minimum atomic E-state index is -1.12. The maximum atomic E-state index is 11.7. The Bertz CT molecular complexity index is 1200. The SMILES string of the molecule is CCCCOc1cccc(CCc2ccc3c(c2)Nc2c(cc(C#N)cc2C(=O)O)O3)c1. The first-order valence-corrected chi connectivity index (χ1v) is 10.7. The molecule has 6 nitrogen and oxygen atoms in total. The maximum absolute atomic E-state index is 11.7. The molecule has 0 saturated heterocycles. The van der Waals surface area contributed by atoms with E-state index in [0.29, 0.717) is 22.9 Å². The summed E-state index contributed by atoms with van der Waals surface area (Å²) in [6.07, 6.45) is 3.82. The first kappa shape index (κ1) is 21.3. The Kier molecular flexibility index (Phi) is 6.27. The van der Waals surface area contributed by atoms with Gasteiger partial charge in [0.05, 0.1) is 35.2 Å². The highest BCUT2D eigenvalue weighted by Gasteiger charge is 2.24. The van der Waals surface area contributed by atoms with Gasteiger partial charge in [-0.1, -0.05) is 31.5 Å². The molecule has 1 heterocycles. The molecule has 1 aliphatic heterocycles. The van der Waals surface area contributed by atoms with Crippen LogP contribution in [0.3, 0.4) is 0 Å². The molecule has 2 N–H and O–H groups in total. The smallest absolute Gasteiger partial charge is 0.338 e. The van der Waals surface area contributed by atoms with Crippen molar-refractivity contribution in [1.29, 1.82) is 5.26 Å². The minimum absolute atomic E-state index is 0.00925. The molecule has 0 radical (unpaired) electrons. The quantitative estimate of drug-likeness (QED) is 0.331. The van der Waals surface area contributed by atoms with Gasteiger partial charge in [0.2, 0.25) is 0 Å². The maximum Gasteiger partial charge on any atom is 0.338 e. The van der Waals surface area contributed by atoms with Crippen molar-refractivity contribution in [2.75, 3.05) is 11.9 Å². The van der Waals surface area contributed by atoms with Crippen molar-refractivity contribution in [2.24, 2.45) is 0 Å². The molecule has 0 bridgehead atoms. The van der Waals surface area contributed by atoms with E-state index in [1.54, 1.807) is 6.07 Å². The monoisotopic (exact) mass is 428 g/mol. The van der Waals surface area contributed by atoms with Crippen molar-refractivity contribution in [2.45, 2.75) is 32.6 Å². The van der Waals surface area contributed by atoms with Gasteiger partial charge in [-0.25, -0.2) is 4.79 Å². The predicted molar refractivity (Wildman–Crippen MR) is 122 cm³/mol. The van der Waals surface area contributed by atoms with Crippen molar-refractivity contribution in [3.8, 4) is 23.3 Å². The summed E-state index contributed by atoms with van der Waals surface area (Å²) in [6, 6.07) is 18.9. The number of nitrogens with one attached hydrogen (secondary N) is 1. The van der Waals surface area contributed by atoms with Crippen molar-refractivity contribution >= 4 is 17.3 Å². The van der Waals surface area contributed by atoms with Gasteiger partial charge in [0.25, 0.3) is 0 Å². The van der Waals surface area contributed by atoms with E-state index < -0.39 is 5.97 Å². The van der Waals surface area contributed by atoms with Crippen LogP contribution in [0.1, 0.15) is 46.8 Å². The molecule has 3 aromatic carbocycles. The van der Waals surface area contributed by atoms with Gasteiger partial charge >= 0.3 is 5.97 Å². The lowest BCUT2D eigenvalue weighted by molar-refractivity contribution is 0.0697. The van der Waals surface area contributed by atoms with Crippen LogP contribution in [0.15, 0.2) is 54.6 Å². The number of hydrogen-bond acceptors (Lipinski definition) is 5. The zero-order valence-corrected chi connectivity index (χ0v) is 17.9. The van der Waals surface area contributed by atoms with Crippen LogP contribution < -0.4 is 14.8 Å². The molecule has 1 aliphatic rings. The lowest BCUT2D eigenvalue weighted by Gasteiger charge is -2.24. The molecule has 32 heavy (non-hydrogen) atoms. The largest absolute Gasteiger partial charge is 0.494 e. The number of carboxylic acid groups (broad SMARTS) is 1. The number of carboxylic acids is 1. The second kappa shape index (κ2) is 9.44. The molecule has 162 valence electrons. The summed E-state index contributed by atoms with van der Waals surface area (Å²) < 4.78 is 11.7. The average Bonchev–Trinajstić information content (AvgIpc) is 2.81. The third-order valence-corrected chi connectivity index (χ3v) is 5.35. The minimum Gasteiger partial charge on any atom is -0.494 e. The molecule has 0 aromatic heterocycles. The van der Waals surface area contributed by atoms with Gasteiger partial charge in [0, 0.05) is 6.07 Å². The molecule has 0 atom stereocenters. The number of carbonyl (C=O) groups is 1. The molecule has 0 amide bonds. The van der Waals surface area contributed by atoms with E-state index in [-0.39, 0.29) is 11.1 Å². The normalized spacial score (nSPS) is 11.4. The highest BCUT2D eigenvalue weighted by atomic mass is 16.5. The van der Waals surface area contributed by atoms with Crippen molar-refractivity contribution < 1.29 is 19.4 Å². The first-order chi connectivity index (χ1) is 15.6. The van der Waals surface area contributed by atoms with E-state index in [2.05, 4.69) is 24.4 Å². The van der Waals surface area contributed by atoms with Gasteiger partial charge < -0.3 is 19.9 Å². The first-order valence-electron chi connectivity index (χ1n) is 10.7. The number of aryl methyl sites for hydroxylation is 2. The molecule has 0 fully saturated rings. The molecule has 6 heteroatoms. The molecular weight excluding hydrogens is 404 g/mol. The lowest BCUT2D eigenvalue weighted by atomic mass is 10.0. The summed E-state index contributed by atoms with van der Waals surface area (Å²) >= 11 is 0. The third-order valence-electron chi connectivity index (χ3n) is 5.35. The Morgan fingerprint density at radius 1 is 1.09 bits per heavy atom.